The number of likely N-dealkylation sites (tertiary alicyclic amines) is 1. The van der Waals surface area contributed by atoms with Crippen LogP contribution in [-0.2, 0) is 9.57 Å². The number of nitrogens with zero attached hydrogens (tertiary/aromatic N) is 1. The first-order chi connectivity index (χ1) is 21.2. The average Bonchev–Trinajstić information content (AvgIpc) is 3.55. The van der Waals surface area contributed by atoms with Gasteiger partial charge in [-0.15, -0.1) is 0 Å². The van der Waals surface area contributed by atoms with Gasteiger partial charge in [0.25, 0.3) is 5.91 Å². The summed E-state index contributed by atoms with van der Waals surface area (Å²) >= 11 is 0. The highest BCUT2D eigenvalue weighted by Gasteiger charge is 2.28. The highest BCUT2D eigenvalue weighted by atomic mass is 16.8. The van der Waals surface area contributed by atoms with E-state index in [9.17, 15) is 4.79 Å². The van der Waals surface area contributed by atoms with Crippen LogP contribution in [-0.4, -0.2) is 62.0 Å². The molecular weight excluding hydrogens is 538 g/mol. The van der Waals surface area contributed by atoms with Crippen LogP contribution in [0.5, 0.6) is 5.75 Å². The van der Waals surface area contributed by atoms with Crippen LogP contribution in [0.2, 0.25) is 0 Å². The molecule has 2 N–H and O–H groups in total. The number of hydrogen-bond acceptors (Lipinski definition) is 6. The number of hydroxylamine groups is 1. The summed E-state index contributed by atoms with van der Waals surface area (Å²) in [6.07, 6.45) is 12.7. The lowest BCUT2D eigenvalue weighted by atomic mass is 9.94. The third-order valence-electron chi connectivity index (χ3n) is 9.06. The van der Waals surface area contributed by atoms with Crippen LogP contribution in [0.4, 0.5) is 0 Å². The third kappa shape index (κ3) is 8.24. The number of amides is 1. The summed E-state index contributed by atoms with van der Waals surface area (Å²) < 4.78 is 12.0. The third-order valence-corrected chi connectivity index (χ3v) is 9.06. The fraction of sp³-hybridized carbons (Fsp3) is 0.472. The molecule has 1 aliphatic carbocycles. The van der Waals surface area contributed by atoms with Gasteiger partial charge in [0, 0.05) is 55.7 Å². The van der Waals surface area contributed by atoms with E-state index in [0.717, 1.165) is 55.1 Å². The van der Waals surface area contributed by atoms with E-state index >= 15 is 0 Å². The Bertz CT molecular complexity index is 1360. The van der Waals surface area contributed by atoms with Gasteiger partial charge in [0.2, 0.25) is 0 Å². The van der Waals surface area contributed by atoms with Gasteiger partial charge < -0.3 is 14.8 Å². The average molecular weight is 584 g/mol. The highest BCUT2D eigenvalue weighted by Crippen LogP contribution is 2.27. The molecule has 0 spiro atoms. The Hall–Kier alpha value is -3.23. The molecule has 2 atom stereocenters. The smallest absolute Gasteiger partial charge is 0.274 e. The predicted molar refractivity (Wildman–Crippen MR) is 171 cm³/mol. The number of carbonyl (C=O) groups excluding carboxylic acids is 1. The first-order valence-electron chi connectivity index (χ1n) is 16.2. The molecule has 7 heteroatoms. The van der Waals surface area contributed by atoms with Crippen LogP contribution in [0, 0.1) is 0 Å². The van der Waals surface area contributed by atoms with Crippen LogP contribution in [0.1, 0.15) is 73.7 Å². The number of nitrogens with one attached hydrogen (secondary N) is 2. The van der Waals surface area contributed by atoms with E-state index in [1.807, 2.05) is 36.4 Å². The van der Waals surface area contributed by atoms with E-state index < -0.39 is 0 Å². The maximum absolute atomic E-state index is 12.6. The van der Waals surface area contributed by atoms with E-state index in [4.69, 9.17) is 14.3 Å². The van der Waals surface area contributed by atoms with Crippen molar-refractivity contribution in [3.05, 3.63) is 83.4 Å². The van der Waals surface area contributed by atoms with E-state index in [-0.39, 0.29) is 12.2 Å². The molecule has 43 heavy (non-hydrogen) atoms. The van der Waals surface area contributed by atoms with Crippen LogP contribution in [0.25, 0.3) is 16.8 Å². The molecule has 2 saturated heterocycles. The van der Waals surface area contributed by atoms with Crippen molar-refractivity contribution >= 4 is 22.8 Å². The molecule has 1 amide bonds. The number of benzene rings is 3. The van der Waals surface area contributed by atoms with E-state index in [2.05, 4.69) is 52.1 Å². The van der Waals surface area contributed by atoms with E-state index in [0.29, 0.717) is 24.8 Å². The lowest BCUT2D eigenvalue weighted by Gasteiger charge is -2.31. The summed E-state index contributed by atoms with van der Waals surface area (Å²) in [4.78, 5) is 20.8. The Kier molecular flexibility index (Phi) is 10.4. The molecule has 2 aliphatic heterocycles. The molecule has 3 aliphatic rings. The summed E-state index contributed by atoms with van der Waals surface area (Å²) in [6, 6.07) is 23.4. The first-order valence-corrected chi connectivity index (χ1v) is 16.2. The van der Waals surface area contributed by atoms with Crippen LogP contribution in [0.3, 0.4) is 0 Å². The lowest BCUT2D eigenvalue weighted by molar-refractivity contribution is -0.186. The van der Waals surface area contributed by atoms with Gasteiger partial charge >= 0.3 is 0 Å². The van der Waals surface area contributed by atoms with Crippen molar-refractivity contribution in [3.8, 4) is 5.75 Å². The Morgan fingerprint density at radius 3 is 2.56 bits per heavy atom. The molecule has 0 bridgehead atoms. The maximum atomic E-state index is 12.6. The fourth-order valence-electron chi connectivity index (χ4n) is 6.59. The van der Waals surface area contributed by atoms with Gasteiger partial charge in [0.1, 0.15) is 12.4 Å². The van der Waals surface area contributed by atoms with Gasteiger partial charge in [-0.2, -0.15) is 0 Å². The van der Waals surface area contributed by atoms with Crippen LogP contribution < -0.4 is 15.5 Å². The number of carbonyl (C=O) groups is 1. The van der Waals surface area contributed by atoms with Crippen molar-refractivity contribution in [2.24, 2.45) is 0 Å². The van der Waals surface area contributed by atoms with Crippen molar-refractivity contribution < 1.29 is 19.1 Å². The van der Waals surface area contributed by atoms with Crippen molar-refractivity contribution in [1.29, 1.82) is 0 Å². The van der Waals surface area contributed by atoms with Crippen molar-refractivity contribution in [2.45, 2.75) is 76.2 Å². The minimum absolute atomic E-state index is 0.269. The summed E-state index contributed by atoms with van der Waals surface area (Å²) in [6.45, 7) is 4.22. The zero-order valence-corrected chi connectivity index (χ0v) is 25.1. The quantitative estimate of drug-likeness (QED) is 0.252. The standard InChI is InChI=1S/C36H45N3O4/c40-36(38-43-35-15-6-7-22-41-35)30-18-16-27(17-19-30)23-28(26-42-34-14-8-10-29-9-4-5-13-33(29)34)24-37-31-20-21-39(25-31)32-11-2-1-3-12-32/h4-5,8-10,13-14,16-19,23,31-32,35,37H,1-3,6-7,11-12,15,20-22,24-26H2,(H,38,40). The van der Waals surface area contributed by atoms with Gasteiger partial charge in [-0.25, -0.2) is 10.3 Å². The van der Waals surface area contributed by atoms with Gasteiger partial charge in [0.15, 0.2) is 6.29 Å². The summed E-state index contributed by atoms with van der Waals surface area (Å²) in [5, 5.41) is 6.13. The molecule has 1 saturated carbocycles. The Morgan fingerprint density at radius 1 is 0.907 bits per heavy atom. The van der Waals surface area contributed by atoms with E-state index in [1.54, 1.807) is 0 Å². The zero-order valence-electron chi connectivity index (χ0n) is 25.1. The molecule has 0 aromatic heterocycles. The number of hydrogen-bond donors (Lipinski definition) is 2. The maximum Gasteiger partial charge on any atom is 0.274 e. The zero-order chi connectivity index (χ0) is 29.3. The van der Waals surface area contributed by atoms with Gasteiger partial charge in [-0.3, -0.25) is 9.69 Å². The number of rotatable bonds is 11. The predicted octanol–water partition coefficient (Wildman–Crippen LogP) is 6.49. The molecule has 0 radical (unpaired) electrons. The van der Waals surface area contributed by atoms with Crippen LogP contribution >= 0.6 is 0 Å². The highest BCUT2D eigenvalue weighted by molar-refractivity contribution is 5.93. The Labute approximate surface area is 255 Å². The monoisotopic (exact) mass is 583 g/mol. The lowest BCUT2D eigenvalue weighted by Crippen LogP contribution is -2.39. The van der Waals surface area contributed by atoms with Gasteiger partial charge in [-0.05, 0) is 66.8 Å². The molecule has 228 valence electrons. The minimum Gasteiger partial charge on any atom is -0.489 e. The number of ether oxygens (including phenoxy) is 2. The second-order valence-electron chi connectivity index (χ2n) is 12.2. The normalized spacial score (nSPS) is 22.1. The SMILES string of the molecule is O=C(NOC1CCCCO1)c1ccc(C=C(CNC2CCN(C3CCCCC3)C2)COc2cccc3ccccc23)cc1. The van der Waals surface area contributed by atoms with Gasteiger partial charge in [-0.1, -0.05) is 73.9 Å². The molecule has 2 unspecified atom stereocenters. The van der Waals surface area contributed by atoms with E-state index in [1.165, 1.54) is 56.0 Å². The largest absolute Gasteiger partial charge is 0.489 e. The second-order valence-corrected chi connectivity index (χ2v) is 12.2. The molecule has 3 fully saturated rings. The molecular formula is C36H45N3O4. The summed E-state index contributed by atoms with van der Waals surface area (Å²) in [7, 11) is 0. The van der Waals surface area contributed by atoms with Crippen molar-refractivity contribution in [1.82, 2.24) is 15.7 Å². The fourth-order valence-corrected chi connectivity index (χ4v) is 6.59. The molecule has 3 aromatic rings. The molecule has 2 heterocycles. The Morgan fingerprint density at radius 2 is 1.72 bits per heavy atom. The molecule has 6 rings (SSSR count). The molecule has 7 nitrogen and oxygen atoms in total. The van der Waals surface area contributed by atoms with Crippen LogP contribution in [0.15, 0.2) is 72.3 Å². The summed E-state index contributed by atoms with van der Waals surface area (Å²) in [5.41, 5.74) is 5.29. The van der Waals surface area contributed by atoms with Gasteiger partial charge in [0.05, 0.1) is 0 Å². The Balaban J connectivity index is 1.10. The summed E-state index contributed by atoms with van der Waals surface area (Å²) in [5.74, 6) is 0.622. The van der Waals surface area contributed by atoms with Crippen molar-refractivity contribution in [3.63, 3.8) is 0 Å². The van der Waals surface area contributed by atoms with Crippen molar-refractivity contribution in [2.75, 3.05) is 32.8 Å². The molecule has 3 aromatic carbocycles. The first kappa shape index (κ1) is 29.8. The number of fused-ring (bicyclic) bond motifs is 1. The second kappa shape index (κ2) is 15.0. The topological polar surface area (TPSA) is 72.1 Å². The minimum atomic E-state index is -0.369.